The highest BCUT2D eigenvalue weighted by Gasteiger charge is 2.25. The van der Waals surface area contributed by atoms with Crippen molar-refractivity contribution < 1.29 is 14.6 Å². The number of methoxy groups -OCH3 is 1. The van der Waals surface area contributed by atoms with Crippen LogP contribution < -0.4 is 10.1 Å². The van der Waals surface area contributed by atoms with Crippen LogP contribution in [0.4, 0.5) is 5.69 Å². The molecule has 0 saturated heterocycles. The number of benzene rings is 1. The Balaban J connectivity index is 1.93. The predicted molar refractivity (Wildman–Crippen MR) is 69.6 cm³/mol. The van der Waals surface area contributed by atoms with Gasteiger partial charge in [-0.05, 0) is 43.5 Å². The maximum atomic E-state index is 12.0. The van der Waals surface area contributed by atoms with Gasteiger partial charge in [0.1, 0.15) is 5.75 Å². The van der Waals surface area contributed by atoms with E-state index in [9.17, 15) is 9.90 Å². The van der Waals surface area contributed by atoms with Crippen LogP contribution in [0.2, 0.25) is 0 Å². The van der Waals surface area contributed by atoms with Gasteiger partial charge in [0.25, 0.3) is 0 Å². The molecule has 0 unspecified atom stereocenters. The summed E-state index contributed by atoms with van der Waals surface area (Å²) in [7, 11) is 1.61. The molecule has 2 rings (SSSR count). The minimum absolute atomic E-state index is 0.00100. The molecule has 0 spiro atoms. The number of hydrogen-bond donors (Lipinski definition) is 2. The van der Waals surface area contributed by atoms with Gasteiger partial charge in [-0.3, -0.25) is 4.79 Å². The number of anilines is 1. The molecule has 0 radical (unpaired) electrons. The fourth-order valence-electron chi connectivity index (χ4n) is 2.32. The molecule has 1 aliphatic carbocycles. The number of amides is 1. The van der Waals surface area contributed by atoms with Crippen LogP contribution in [0.3, 0.4) is 0 Å². The second-order valence-electron chi connectivity index (χ2n) is 4.74. The van der Waals surface area contributed by atoms with E-state index >= 15 is 0 Å². The summed E-state index contributed by atoms with van der Waals surface area (Å²) >= 11 is 0. The number of carbonyl (C=O) groups is 1. The molecule has 18 heavy (non-hydrogen) atoms. The molecule has 98 valence electrons. The molecule has 0 aromatic heterocycles. The van der Waals surface area contributed by atoms with Crippen molar-refractivity contribution >= 4 is 11.6 Å². The Hall–Kier alpha value is -1.55. The van der Waals surface area contributed by atoms with Gasteiger partial charge >= 0.3 is 0 Å². The van der Waals surface area contributed by atoms with Crippen molar-refractivity contribution in [2.45, 2.75) is 31.8 Å². The van der Waals surface area contributed by atoms with Crippen molar-refractivity contribution in [3.8, 4) is 5.75 Å². The first-order valence-electron chi connectivity index (χ1n) is 6.32. The van der Waals surface area contributed by atoms with Crippen molar-refractivity contribution in [3.05, 3.63) is 24.3 Å². The molecular weight excluding hydrogens is 230 g/mol. The number of aliphatic hydroxyl groups excluding tert-OH is 1. The van der Waals surface area contributed by atoms with E-state index in [-0.39, 0.29) is 17.9 Å². The van der Waals surface area contributed by atoms with Gasteiger partial charge in [0.05, 0.1) is 13.2 Å². The second-order valence-corrected chi connectivity index (χ2v) is 4.74. The lowest BCUT2D eigenvalue weighted by Crippen LogP contribution is -2.30. The molecule has 2 N–H and O–H groups in total. The standard InChI is InChI=1S/C14H19NO3/c1-18-13-7-5-11(6-8-13)15-14(17)10-3-2-4-12(16)9-10/h5-8,10,12,16H,2-4,9H2,1H3,(H,15,17)/t10-,12+/m0/s1. The molecular formula is C14H19NO3. The highest BCUT2D eigenvalue weighted by Crippen LogP contribution is 2.25. The third kappa shape index (κ3) is 3.23. The number of aliphatic hydroxyl groups is 1. The van der Waals surface area contributed by atoms with E-state index in [1.165, 1.54) is 0 Å². The van der Waals surface area contributed by atoms with Gasteiger partial charge in [-0.2, -0.15) is 0 Å². The average molecular weight is 249 g/mol. The smallest absolute Gasteiger partial charge is 0.227 e. The van der Waals surface area contributed by atoms with E-state index in [0.29, 0.717) is 6.42 Å². The zero-order valence-corrected chi connectivity index (χ0v) is 10.6. The summed E-state index contributed by atoms with van der Waals surface area (Å²) in [4.78, 5) is 12.0. The minimum atomic E-state index is -0.328. The molecule has 0 aliphatic heterocycles. The van der Waals surface area contributed by atoms with Crippen LogP contribution in [-0.4, -0.2) is 24.2 Å². The molecule has 1 saturated carbocycles. The summed E-state index contributed by atoms with van der Waals surface area (Å²) in [5.74, 6) is 0.691. The van der Waals surface area contributed by atoms with Gasteiger partial charge in [0, 0.05) is 11.6 Å². The molecule has 1 aliphatic rings. The van der Waals surface area contributed by atoms with Crippen LogP contribution in [0, 0.1) is 5.92 Å². The Morgan fingerprint density at radius 3 is 2.67 bits per heavy atom. The summed E-state index contributed by atoms with van der Waals surface area (Å²) < 4.78 is 5.06. The third-order valence-electron chi connectivity index (χ3n) is 3.37. The van der Waals surface area contributed by atoms with E-state index in [1.807, 2.05) is 24.3 Å². The summed E-state index contributed by atoms with van der Waals surface area (Å²) in [6.45, 7) is 0. The second kappa shape index (κ2) is 5.87. The average Bonchev–Trinajstić information content (AvgIpc) is 2.39. The van der Waals surface area contributed by atoms with Gasteiger partial charge in [-0.25, -0.2) is 0 Å². The fraction of sp³-hybridized carbons (Fsp3) is 0.500. The fourth-order valence-corrected chi connectivity index (χ4v) is 2.32. The number of nitrogens with one attached hydrogen (secondary N) is 1. The molecule has 0 bridgehead atoms. The molecule has 2 atom stereocenters. The molecule has 1 aromatic carbocycles. The van der Waals surface area contributed by atoms with Crippen LogP contribution in [0.1, 0.15) is 25.7 Å². The first kappa shape index (κ1) is 12.9. The first-order valence-corrected chi connectivity index (χ1v) is 6.32. The molecule has 1 fully saturated rings. The topological polar surface area (TPSA) is 58.6 Å². The van der Waals surface area contributed by atoms with Crippen LogP contribution in [0.25, 0.3) is 0 Å². The SMILES string of the molecule is COc1ccc(NC(=O)[C@H]2CCC[C@@H](O)C2)cc1. The van der Waals surface area contributed by atoms with Crippen molar-refractivity contribution in [2.24, 2.45) is 5.92 Å². The molecule has 4 heteroatoms. The monoisotopic (exact) mass is 249 g/mol. The van der Waals surface area contributed by atoms with Crippen LogP contribution in [0.15, 0.2) is 24.3 Å². The van der Waals surface area contributed by atoms with Gasteiger partial charge in [-0.1, -0.05) is 6.42 Å². The van der Waals surface area contributed by atoms with E-state index in [2.05, 4.69) is 5.32 Å². The number of hydrogen-bond acceptors (Lipinski definition) is 3. The number of ether oxygens (including phenoxy) is 1. The summed E-state index contributed by atoms with van der Waals surface area (Å²) in [6, 6.07) is 7.25. The Kier molecular flexibility index (Phi) is 4.20. The Bertz CT molecular complexity index is 402. The van der Waals surface area contributed by atoms with E-state index in [0.717, 1.165) is 30.7 Å². The highest BCUT2D eigenvalue weighted by atomic mass is 16.5. The van der Waals surface area contributed by atoms with Crippen LogP contribution in [0.5, 0.6) is 5.75 Å². The van der Waals surface area contributed by atoms with Crippen molar-refractivity contribution in [1.29, 1.82) is 0 Å². The summed E-state index contributed by atoms with van der Waals surface area (Å²) in [6.07, 6.45) is 2.83. The lowest BCUT2D eigenvalue weighted by atomic mass is 9.86. The third-order valence-corrected chi connectivity index (χ3v) is 3.37. The highest BCUT2D eigenvalue weighted by molar-refractivity contribution is 5.92. The quantitative estimate of drug-likeness (QED) is 0.863. The van der Waals surface area contributed by atoms with Crippen molar-refractivity contribution in [3.63, 3.8) is 0 Å². The first-order chi connectivity index (χ1) is 8.69. The summed E-state index contributed by atoms with van der Waals surface area (Å²) in [5.41, 5.74) is 0.765. The molecule has 1 amide bonds. The van der Waals surface area contributed by atoms with E-state index in [1.54, 1.807) is 7.11 Å². The van der Waals surface area contributed by atoms with Crippen LogP contribution in [-0.2, 0) is 4.79 Å². The predicted octanol–water partition coefficient (Wildman–Crippen LogP) is 2.18. The largest absolute Gasteiger partial charge is 0.497 e. The molecule has 4 nitrogen and oxygen atoms in total. The zero-order chi connectivity index (χ0) is 13.0. The zero-order valence-electron chi connectivity index (χ0n) is 10.6. The van der Waals surface area contributed by atoms with E-state index < -0.39 is 0 Å². The van der Waals surface area contributed by atoms with Gasteiger partial charge in [0.15, 0.2) is 0 Å². The Morgan fingerprint density at radius 1 is 1.33 bits per heavy atom. The van der Waals surface area contributed by atoms with Gasteiger partial charge < -0.3 is 15.2 Å². The Morgan fingerprint density at radius 2 is 2.06 bits per heavy atom. The van der Waals surface area contributed by atoms with Gasteiger partial charge in [0.2, 0.25) is 5.91 Å². The normalized spacial score (nSPS) is 23.4. The lowest BCUT2D eigenvalue weighted by Gasteiger charge is -2.24. The molecule has 0 heterocycles. The number of rotatable bonds is 3. The number of carbonyl (C=O) groups excluding carboxylic acids is 1. The summed E-state index contributed by atoms with van der Waals surface area (Å²) in [5, 5.41) is 12.4. The van der Waals surface area contributed by atoms with E-state index in [4.69, 9.17) is 4.74 Å². The minimum Gasteiger partial charge on any atom is -0.497 e. The van der Waals surface area contributed by atoms with Crippen molar-refractivity contribution in [2.75, 3.05) is 12.4 Å². The van der Waals surface area contributed by atoms with Gasteiger partial charge in [-0.15, -0.1) is 0 Å². The van der Waals surface area contributed by atoms with Crippen LogP contribution >= 0.6 is 0 Å². The maximum Gasteiger partial charge on any atom is 0.227 e. The van der Waals surface area contributed by atoms with Crippen molar-refractivity contribution in [1.82, 2.24) is 0 Å². The molecule has 1 aromatic rings. The Labute approximate surface area is 107 Å². The maximum absolute atomic E-state index is 12.0. The lowest BCUT2D eigenvalue weighted by molar-refractivity contribution is -0.122.